The van der Waals surface area contributed by atoms with Crippen molar-refractivity contribution < 1.29 is 9.90 Å². The predicted octanol–water partition coefficient (Wildman–Crippen LogP) is 6.04. The molecule has 1 saturated heterocycles. The van der Waals surface area contributed by atoms with E-state index in [4.69, 9.17) is 16.6 Å². The van der Waals surface area contributed by atoms with E-state index in [0.29, 0.717) is 13.1 Å². The van der Waals surface area contributed by atoms with Gasteiger partial charge >= 0.3 is 5.97 Å². The molecule has 1 aliphatic heterocycles. The average Bonchev–Trinajstić information content (AvgIpc) is 3.21. The van der Waals surface area contributed by atoms with Crippen LogP contribution in [0.1, 0.15) is 46.8 Å². The summed E-state index contributed by atoms with van der Waals surface area (Å²) in [6, 6.07) is 17.6. The van der Waals surface area contributed by atoms with Gasteiger partial charge in [0.25, 0.3) is 0 Å². The predicted molar refractivity (Wildman–Crippen MR) is 139 cm³/mol. The monoisotopic (exact) mass is 483 g/mol. The zero-order valence-electron chi connectivity index (χ0n) is 19.3. The van der Waals surface area contributed by atoms with Gasteiger partial charge in [-0.25, -0.2) is 0 Å². The van der Waals surface area contributed by atoms with Crippen LogP contribution < -0.4 is 0 Å². The first kappa shape index (κ1) is 22.1. The summed E-state index contributed by atoms with van der Waals surface area (Å²) in [5.41, 5.74) is 9.12. The van der Waals surface area contributed by atoms with E-state index in [-0.39, 0.29) is 0 Å². The molecule has 0 saturated carbocycles. The number of fused-ring (bicyclic) bond motifs is 3. The van der Waals surface area contributed by atoms with E-state index in [1.165, 1.54) is 27.8 Å². The van der Waals surface area contributed by atoms with E-state index in [1.807, 2.05) is 48.8 Å². The molecule has 0 spiro atoms. The van der Waals surface area contributed by atoms with Gasteiger partial charge in [-0.2, -0.15) is 0 Å². The summed E-state index contributed by atoms with van der Waals surface area (Å²) in [5, 5.41) is 11.9. The van der Waals surface area contributed by atoms with Gasteiger partial charge in [-0.05, 0) is 66.6 Å². The minimum Gasteiger partial charge on any atom is -0.480 e. The largest absolute Gasteiger partial charge is 0.480 e. The number of nitrogens with one attached hydrogen (secondary N) is 1. The van der Waals surface area contributed by atoms with Crippen molar-refractivity contribution in [1.29, 1.82) is 0 Å². The molecule has 0 radical (unpaired) electrons. The van der Waals surface area contributed by atoms with Crippen LogP contribution in [0.5, 0.6) is 0 Å². The van der Waals surface area contributed by atoms with Gasteiger partial charge in [0.05, 0.1) is 5.69 Å². The lowest BCUT2D eigenvalue weighted by atomic mass is 9.88. The molecule has 2 aromatic carbocycles. The molecule has 1 atom stereocenters. The summed E-state index contributed by atoms with van der Waals surface area (Å²) in [7, 11) is 0. The number of piperidine rings is 1. The van der Waals surface area contributed by atoms with Crippen molar-refractivity contribution in [2.45, 2.75) is 31.7 Å². The number of aliphatic carboxylic acids is 1. The van der Waals surface area contributed by atoms with Crippen LogP contribution in [0.15, 0.2) is 72.6 Å². The Kier molecular flexibility index (Phi) is 5.67. The van der Waals surface area contributed by atoms with Gasteiger partial charge in [0.1, 0.15) is 6.04 Å². The molecule has 176 valence electrons. The Bertz CT molecular complexity index is 1460. The summed E-state index contributed by atoms with van der Waals surface area (Å²) >= 11 is 6.35. The zero-order valence-corrected chi connectivity index (χ0v) is 20.1. The first-order valence-electron chi connectivity index (χ1n) is 12.1. The topological polar surface area (TPSA) is 69.2 Å². The lowest BCUT2D eigenvalue weighted by Crippen LogP contribution is -2.38. The number of carbonyl (C=O) groups is 1. The molecule has 35 heavy (non-hydrogen) atoms. The number of aromatic nitrogens is 2. The second kappa shape index (κ2) is 8.99. The molecular weight excluding hydrogens is 458 g/mol. The van der Waals surface area contributed by atoms with Crippen molar-refractivity contribution in [3.05, 3.63) is 106 Å². The first-order valence-corrected chi connectivity index (χ1v) is 12.5. The lowest BCUT2D eigenvalue weighted by molar-refractivity contribution is -0.143. The number of halogens is 1. The fourth-order valence-electron chi connectivity index (χ4n) is 5.74. The van der Waals surface area contributed by atoms with Gasteiger partial charge in [0, 0.05) is 52.5 Å². The average molecular weight is 484 g/mol. The van der Waals surface area contributed by atoms with Crippen LogP contribution >= 0.6 is 11.6 Å². The maximum atomic E-state index is 12.4. The number of hydrogen-bond acceptors (Lipinski definition) is 3. The highest BCUT2D eigenvalue weighted by molar-refractivity contribution is 6.30. The number of nitrogens with zero attached hydrogens (tertiary/aromatic N) is 2. The van der Waals surface area contributed by atoms with Crippen LogP contribution in [0.4, 0.5) is 0 Å². The fourth-order valence-corrected chi connectivity index (χ4v) is 5.94. The normalized spacial score (nSPS) is 17.1. The maximum absolute atomic E-state index is 12.4. The highest BCUT2D eigenvalue weighted by Crippen LogP contribution is 2.40. The standard InChI is InChI=1S/C29H26ClN3O2/c30-21-9-10-22-20(16-21)8-7-19-4-3-13-31-27(19)26(22)18-11-14-33(15-12-18)28(29(34)35)24-17-32-25-6-2-1-5-23(24)25/h1-6,9-10,13,16-17,28,32H,7-8,11-12,14-15H2,(H,34,35)/t28-/m0/s1. The lowest BCUT2D eigenvalue weighted by Gasteiger charge is -2.34. The Morgan fingerprint density at radius 3 is 2.63 bits per heavy atom. The Balaban J connectivity index is 1.37. The minimum absolute atomic E-state index is 0.677. The molecule has 2 aliphatic rings. The smallest absolute Gasteiger partial charge is 0.325 e. The molecule has 0 unspecified atom stereocenters. The second-order valence-electron chi connectivity index (χ2n) is 9.36. The third-order valence-electron chi connectivity index (χ3n) is 7.40. The summed E-state index contributed by atoms with van der Waals surface area (Å²) in [6.45, 7) is 1.36. The number of aryl methyl sites for hydroxylation is 2. The highest BCUT2D eigenvalue weighted by Gasteiger charge is 2.33. The fraction of sp³-hybridized carbons (Fsp3) is 0.241. The molecule has 0 amide bonds. The van der Waals surface area contributed by atoms with Gasteiger partial charge in [-0.3, -0.25) is 14.7 Å². The Labute approximate surface area is 209 Å². The van der Waals surface area contributed by atoms with Crippen molar-refractivity contribution >= 4 is 34.0 Å². The Hall–Kier alpha value is -3.41. The van der Waals surface area contributed by atoms with Crippen LogP contribution in [0.2, 0.25) is 5.02 Å². The van der Waals surface area contributed by atoms with Crippen molar-refractivity contribution in [2.24, 2.45) is 0 Å². The third kappa shape index (κ3) is 3.95. The molecule has 6 heteroatoms. The summed E-state index contributed by atoms with van der Waals surface area (Å²) < 4.78 is 0. The molecule has 2 N–H and O–H groups in total. The van der Waals surface area contributed by atoms with Crippen LogP contribution in [0.3, 0.4) is 0 Å². The number of rotatable bonds is 3. The number of pyridine rings is 1. The second-order valence-corrected chi connectivity index (χ2v) is 9.79. The van der Waals surface area contributed by atoms with Gasteiger partial charge in [0.15, 0.2) is 0 Å². The van der Waals surface area contributed by atoms with Crippen molar-refractivity contribution in [3.8, 4) is 0 Å². The minimum atomic E-state index is -0.813. The molecule has 3 heterocycles. The molecule has 4 aromatic rings. The molecular formula is C29H26ClN3O2. The number of H-pyrrole nitrogens is 1. The van der Waals surface area contributed by atoms with E-state index in [2.05, 4.69) is 28.1 Å². The molecule has 1 fully saturated rings. The van der Waals surface area contributed by atoms with Crippen LogP contribution in [0, 0.1) is 0 Å². The Morgan fingerprint density at radius 1 is 1.00 bits per heavy atom. The van der Waals surface area contributed by atoms with E-state index >= 15 is 0 Å². The van der Waals surface area contributed by atoms with Crippen LogP contribution in [0.25, 0.3) is 16.5 Å². The van der Waals surface area contributed by atoms with E-state index in [1.54, 1.807) is 0 Å². The van der Waals surface area contributed by atoms with E-state index in [0.717, 1.165) is 52.9 Å². The number of carboxylic acids is 1. The van der Waals surface area contributed by atoms with Crippen LogP contribution in [-0.4, -0.2) is 39.0 Å². The summed E-state index contributed by atoms with van der Waals surface area (Å²) in [6.07, 6.45) is 7.19. The van der Waals surface area contributed by atoms with Crippen LogP contribution in [-0.2, 0) is 17.6 Å². The molecule has 5 nitrogen and oxygen atoms in total. The molecule has 6 rings (SSSR count). The summed E-state index contributed by atoms with van der Waals surface area (Å²) in [5.74, 6) is -0.813. The number of aromatic amines is 1. The van der Waals surface area contributed by atoms with Crippen molar-refractivity contribution in [2.75, 3.05) is 13.1 Å². The number of hydrogen-bond donors (Lipinski definition) is 2. The van der Waals surface area contributed by atoms with Crippen molar-refractivity contribution in [3.63, 3.8) is 0 Å². The molecule has 1 aliphatic carbocycles. The quantitative estimate of drug-likeness (QED) is 0.373. The van der Waals surface area contributed by atoms with Gasteiger partial charge in [-0.15, -0.1) is 0 Å². The SMILES string of the molecule is O=C(O)[C@H](c1c[nH]c2ccccc12)N1CCC(=C2c3ccc(Cl)cc3CCc3cccnc32)CC1. The Morgan fingerprint density at radius 2 is 1.80 bits per heavy atom. The molecule has 2 aromatic heterocycles. The third-order valence-corrected chi connectivity index (χ3v) is 7.63. The van der Waals surface area contributed by atoms with Crippen molar-refractivity contribution in [1.82, 2.24) is 14.9 Å². The van der Waals surface area contributed by atoms with E-state index in [9.17, 15) is 9.90 Å². The number of benzene rings is 2. The first-order chi connectivity index (χ1) is 17.1. The zero-order chi connectivity index (χ0) is 23.9. The van der Waals surface area contributed by atoms with E-state index < -0.39 is 12.0 Å². The van der Waals surface area contributed by atoms with Gasteiger partial charge < -0.3 is 10.1 Å². The maximum Gasteiger partial charge on any atom is 0.325 e. The summed E-state index contributed by atoms with van der Waals surface area (Å²) in [4.78, 5) is 22.6. The number of para-hydroxylation sites is 1. The molecule has 0 bridgehead atoms. The number of likely N-dealkylation sites (tertiary alicyclic amines) is 1. The highest BCUT2D eigenvalue weighted by atomic mass is 35.5. The number of carboxylic acid groups (broad SMARTS) is 1. The van der Waals surface area contributed by atoms with Gasteiger partial charge in [0.2, 0.25) is 0 Å². The van der Waals surface area contributed by atoms with Gasteiger partial charge in [-0.1, -0.05) is 47.5 Å².